The zero-order valence-corrected chi connectivity index (χ0v) is 17.1. The van der Waals surface area contributed by atoms with Crippen molar-refractivity contribution in [1.29, 1.82) is 0 Å². The predicted octanol–water partition coefficient (Wildman–Crippen LogP) is 2.05. The van der Waals surface area contributed by atoms with E-state index >= 15 is 0 Å². The Hall–Kier alpha value is -2.78. The van der Waals surface area contributed by atoms with Gasteiger partial charge in [0.25, 0.3) is 0 Å². The molecular weight excluding hydrogens is 396 g/mol. The van der Waals surface area contributed by atoms with Crippen molar-refractivity contribution in [1.82, 2.24) is 8.87 Å². The number of ether oxygens (including phenoxy) is 1. The van der Waals surface area contributed by atoms with Gasteiger partial charge in [0.05, 0.1) is 4.90 Å². The van der Waals surface area contributed by atoms with Crippen LogP contribution in [0.1, 0.15) is 51.0 Å². The summed E-state index contributed by atoms with van der Waals surface area (Å²) in [5, 5.41) is 0. The van der Waals surface area contributed by atoms with Gasteiger partial charge in [0.2, 0.25) is 10.0 Å². The molecule has 0 radical (unpaired) electrons. The van der Waals surface area contributed by atoms with Gasteiger partial charge in [-0.25, -0.2) is 13.2 Å². The zero-order chi connectivity index (χ0) is 21.2. The molecule has 0 aliphatic carbocycles. The number of carbonyl (C=O) groups is 3. The van der Waals surface area contributed by atoms with E-state index in [4.69, 9.17) is 4.74 Å². The first-order chi connectivity index (χ1) is 13.7. The highest BCUT2D eigenvalue weighted by atomic mass is 32.2. The number of sulfonamides is 1. The first-order valence-corrected chi connectivity index (χ1v) is 10.6. The van der Waals surface area contributed by atoms with Crippen LogP contribution in [0.4, 0.5) is 0 Å². The third-order valence-corrected chi connectivity index (χ3v) is 6.75. The van der Waals surface area contributed by atoms with Crippen LogP contribution in [0.5, 0.6) is 0 Å². The number of esters is 1. The number of hydrogen-bond donors (Lipinski definition) is 0. The average molecular weight is 418 g/mol. The standard InChI is InChI=1S/C20H22N2O6S/c1-14(23)16-11-18(21(2)12-16)20(25)28-13-19(24)15-5-7-17(8-6-15)29(26,27)22-9-3-4-10-22/h5-8,11-12H,3-4,9-10,13H2,1-2H3. The summed E-state index contributed by atoms with van der Waals surface area (Å²) in [7, 11) is -1.94. The molecule has 1 saturated heterocycles. The van der Waals surface area contributed by atoms with Crippen molar-refractivity contribution >= 4 is 27.6 Å². The molecule has 0 bridgehead atoms. The third-order valence-electron chi connectivity index (χ3n) is 4.83. The molecule has 9 heteroatoms. The minimum absolute atomic E-state index is 0.133. The van der Waals surface area contributed by atoms with Gasteiger partial charge >= 0.3 is 5.97 Å². The molecule has 1 aromatic heterocycles. The van der Waals surface area contributed by atoms with E-state index in [2.05, 4.69) is 0 Å². The maximum Gasteiger partial charge on any atom is 0.355 e. The molecule has 2 aromatic rings. The maximum absolute atomic E-state index is 12.5. The van der Waals surface area contributed by atoms with Gasteiger partial charge in [0.1, 0.15) is 5.69 Å². The Kier molecular flexibility index (Phi) is 5.99. The van der Waals surface area contributed by atoms with E-state index in [0.29, 0.717) is 18.7 Å². The molecule has 29 heavy (non-hydrogen) atoms. The van der Waals surface area contributed by atoms with E-state index in [9.17, 15) is 22.8 Å². The number of Topliss-reactive ketones (excluding diaryl/α,β-unsaturated/α-hetero) is 2. The lowest BCUT2D eigenvalue weighted by atomic mass is 10.1. The Bertz CT molecular complexity index is 1050. The zero-order valence-electron chi connectivity index (χ0n) is 16.3. The summed E-state index contributed by atoms with van der Waals surface area (Å²) in [5.41, 5.74) is 0.783. The van der Waals surface area contributed by atoms with Gasteiger partial charge in [-0.2, -0.15) is 4.31 Å². The molecule has 2 heterocycles. The quantitative estimate of drug-likeness (QED) is 0.504. The Labute approximate surface area is 169 Å². The molecule has 1 aliphatic rings. The van der Waals surface area contributed by atoms with E-state index in [0.717, 1.165) is 12.8 Å². The fraction of sp³-hybridized carbons (Fsp3) is 0.350. The molecule has 0 amide bonds. The third kappa shape index (κ3) is 4.46. The lowest BCUT2D eigenvalue weighted by Gasteiger charge is -2.15. The van der Waals surface area contributed by atoms with Crippen LogP contribution in [0.2, 0.25) is 0 Å². The number of nitrogens with zero attached hydrogens (tertiary/aromatic N) is 2. The van der Waals surface area contributed by atoms with E-state index in [1.807, 2.05) is 0 Å². The van der Waals surface area contributed by atoms with Crippen LogP contribution in [0.25, 0.3) is 0 Å². The second kappa shape index (κ2) is 8.30. The second-order valence-electron chi connectivity index (χ2n) is 6.92. The highest BCUT2D eigenvalue weighted by Gasteiger charge is 2.27. The van der Waals surface area contributed by atoms with Gasteiger partial charge in [0.15, 0.2) is 18.2 Å². The highest BCUT2D eigenvalue weighted by molar-refractivity contribution is 7.89. The van der Waals surface area contributed by atoms with E-state index < -0.39 is 28.4 Å². The first-order valence-electron chi connectivity index (χ1n) is 9.18. The number of carbonyl (C=O) groups excluding carboxylic acids is 3. The van der Waals surface area contributed by atoms with Crippen molar-refractivity contribution in [3.63, 3.8) is 0 Å². The molecule has 154 valence electrons. The molecule has 8 nitrogen and oxygen atoms in total. The van der Waals surface area contributed by atoms with Crippen molar-refractivity contribution in [3.8, 4) is 0 Å². The Morgan fingerprint density at radius 1 is 1.03 bits per heavy atom. The smallest absolute Gasteiger partial charge is 0.355 e. The van der Waals surface area contributed by atoms with Gasteiger partial charge in [-0.15, -0.1) is 0 Å². The highest BCUT2D eigenvalue weighted by Crippen LogP contribution is 2.21. The fourth-order valence-corrected chi connectivity index (χ4v) is 4.66. The molecule has 0 unspecified atom stereocenters. The van der Waals surface area contributed by atoms with Crippen molar-refractivity contribution in [3.05, 3.63) is 53.3 Å². The Morgan fingerprint density at radius 2 is 1.66 bits per heavy atom. The van der Waals surface area contributed by atoms with E-state index in [1.165, 1.54) is 52.3 Å². The van der Waals surface area contributed by atoms with Gasteiger partial charge in [0, 0.05) is 37.5 Å². The molecule has 0 N–H and O–H groups in total. The number of aromatic nitrogens is 1. The Balaban J connectivity index is 1.64. The normalized spacial score (nSPS) is 14.7. The van der Waals surface area contributed by atoms with Crippen LogP contribution < -0.4 is 0 Å². The summed E-state index contributed by atoms with van der Waals surface area (Å²) >= 11 is 0. The second-order valence-corrected chi connectivity index (χ2v) is 8.85. The lowest BCUT2D eigenvalue weighted by molar-refractivity contribution is 0.0465. The van der Waals surface area contributed by atoms with Crippen LogP contribution in [-0.2, 0) is 21.8 Å². The van der Waals surface area contributed by atoms with Crippen LogP contribution in [-0.4, -0.2) is 54.5 Å². The first kappa shape index (κ1) is 20.9. The minimum Gasteiger partial charge on any atom is -0.453 e. The van der Waals surface area contributed by atoms with Gasteiger partial charge < -0.3 is 9.30 Å². The van der Waals surface area contributed by atoms with Gasteiger partial charge in [-0.1, -0.05) is 0 Å². The van der Waals surface area contributed by atoms with Crippen LogP contribution >= 0.6 is 0 Å². The number of hydrogen-bond acceptors (Lipinski definition) is 6. The van der Waals surface area contributed by atoms with E-state index in [-0.39, 0.29) is 21.9 Å². The number of benzene rings is 1. The van der Waals surface area contributed by atoms with Crippen LogP contribution in [0.3, 0.4) is 0 Å². The monoisotopic (exact) mass is 418 g/mol. The summed E-state index contributed by atoms with van der Waals surface area (Å²) in [4.78, 5) is 36.0. The maximum atomic E-state index is 12.5. The van der Waals surface area contributed by atoms with Gasteiger partial charge in [-0.3, -0.25) is 9.59 Å². The van der Waals surface area contributed by atoms with Crippen LogP contribution in [0.15, 0.2) is 41.4 Å². The van der Waals surface area contributed by atoms with Gasteiger partial charge in [-0.05, 0) is 50.1 Å². The molecule has 0 spiro atoms. The summed E-state index contributed by atoms with van der Waals surface area (Å²) in [5.74, 6) is -1.36. The topological polar surface area (TPSA) is 103 Å². The summed E-state index contributed by atoms with van der Waals surface area (Å²) in [6, 6.07) is 7.01. The van der Waals surface area contributed by atoms with E-state index in [1.54, 1.807) is 7.05 Å². The minimum atomic E-state index is -3.55. The predicted molar refractivity (Wildman–Crippen MR) is 104 cm³/mol. The van der Waals surface area contributed by atoms with Crippen LogP contribution in [0, 0.1) is 0 Å². The average Bonchev–Trinajstić information content (AvgIpc) is 3.36. The number of ketones is 2. The molecule has 1 fully saturated rings. The fourth-order valence-electron chi connectivity index (χ4n) is 3.14. The Morgan fingerprint density at radius 3 is 2.21 bits per heavy atom. The molecule has 0 saturated carbocycles. The largest absolute Gasteiger partial charge is 0.453 e. The number of aryl methyl sites for hydroxylation is 1. The van der Waals surface area contributed by atoms with Crippen molar-refractivity contribution in [2.75, 3.05) is 19.7 Å². The number of rotatable bonds is 7. The van der Waals surface area contributed by atoms with Crippen molar-refractivity contribution in [2.24, 2.45) is 7.05 Å². The molecule has 3 rings (SSSR count). The molecule has 1 aromatic carbocycles. The van der Waals surface area contributed by atoms with Crippen molar-refractivity contribution < 1.29 is 27.5 Å². The summed E-state index contributed by atoms with van der Waals surface area (Å²) < 4.78 is 33.0. The lowest BCUT2D eigenvalue weighted by Crippen LogP contribution is -2.27. The SMILES string of the molecule is CC(=O)c1cc(C(=O)OCC(=O)c2ccc(S(=O)(=O)N3CCCC3)cc2)n(C)c1. The summed E-state index contributed by atoms with van der Waals surface area (Å²) in [6.45, 7) is 1.91. The molecular formula is C20H22N2O6S. The molecule has 0 atom stereocenters. The molecule has 1 aliphatic heterocycles. The summed E-state index contributed by atoms with van der Waals surface area (Å²) in [6.07, 6.45) is 3.20. The van der Waals surface area contributed by atoms with Crippen molar-refractivity contribution in [2.45, 2.75) is 24.7 Å².